The number of nitrogens with zero attached hydrogens (tertiary/aromatic N) is 6. The second-order valence-corrected chi connectivity index (χ2v) is 8.32. The van der Waals surface area contributed by atoms with Gasteiger partial charge in [-0.25, -0.2) is 4.98 Å². The van der Waals surface area contributed by atoms with Crippen molar-refractivity contribution in [3.05, 3.63) is 36.8 Å². The topological polar surface area (TPSA) is 92.0 Å². The molecule has 156 valence electrons. The summed E-state index contributed by atoms with van der Waals surface area (Å²) in [5, 5.41) is 26.9. The molecule has 2 fully saturated rings. The van der Waals surface area contributed by atoms with Crippen LogP contribution in [0.1, 0.15) is 30.3 Å². The molecule has 2 aromatic heterocycles. The predicted molar refractivity (Wildman–Crippen MR) is 115 cm³/mol. The van der Waals surface area contributed by atoms with Gasteiger partial charge in [-0.1, -0.05) is 12.5 Å². The summed E-state index contributed by atoms with van der Waals surface area (Å²) >= 11 is 0. The molecule has 3 heterocycles. The van der Waals surface area contributed by atoms with Gasteiger partial charge < -0.3 is 15.3 Å². The van der Waals surface area contributed by atoms with E-state index in [2.05, 4.69) is 37.4 Å². The van der Waals surface area contributed by atoms with Gasteiger partial charge in [0, 0.05) is 53.6 Å². The normalized spacial score (nSPS) is 24.0. The third kappa shape index (κ3) is 3.63. The van der Waals surface area contributed by atoms with Crippen LogP contribution in [0.15, 0.2) is 36.8 Å². The highest BCUT2D eigenvalue weighted by molar-refractivity contribution is 5.73. The van der Waals surface area contributed by atoms with E-state index < -0.39 is 6.98 Å². The number of nitrogens with one attached hydrogen (secondary N) is 1. The van der Waals surface area contributed by atoms with E-state index >= 15 is 0 Å². The lowest BCUT2D eigenvalue weighted by molar-refractivity contribution is 0.202. The molecule has 2 atom stereocenters. The Morgan fingerprint density at radius 2 is 2.07 bits per heavy atom. The van der Waals surface area contributed by atoms with Crippen LogP contribution >= 0.6 is 0 Å². The van der Waals surface area contributed by atoms with Gasteiger partial charge in [0.15, 0.2) is 0 Å². The zero-order valence-corrected chi connectivity index (χ0v) is 16.9. The van der Waals surface area contributed by atoms with E-state index in [9.17, 15) is 5.11 Å². The number of benzene rings is 1. The Hall–Kier alpha value is -3.00. The summed E-state index contributed by atoms with van der Waals surface area (Å²) < 4.78 is 23.2. The van der Waals surface area contributed by atoms with Crippen molar-refractivity contribution in [3.8, 4) is 28.1 Å². The molecule has 1 aliphatic carbocycles. The Labute approximate surface area is 180 Å². The lowest BCUT2D eigenvalue weighted by Gasteiger charge is -2.43. The van der Waals surface area contributed by atoms with Crippen LogP contribution < -0.4 is 10.2 Å². The van der Waals surface area contributed by atoms with Crippen LogP contribution in [-0.4, -0.2) is 55.2 Å². The molecule has 1 saturated heterocycles. The second kappa shape index (κ2) is 7.68. The molecule has 8 nitrogen and oxygen atoms in total. The summed E-state index contributed by atoms with van der Waals surface area (Å²) in [5.74, 6) is 1.34. The number of aryl methyl sites for hydroxylation is 1. The van der Waals surface area contributed by atoms with Crippen molar-refractivity contribution in [1.29, 1.82) is 0 Å². The third-order valence-corrected chi connectivity index (χ3v) is 6.15. The number of hydrogen-bond acceptors (Lipinski definition) is 7. The summed E-state index contributed by atoms with van der Waals surface area (Å²) in [4.78, 5) is 6.73. The molecule has 0 radical (unpaired) electrons. The van der Waals surface area contributed by atoms with Gasteiger partial charge in [0.1, 0.15) is 11.4 Å². The summed E-state index contributed by atoms with van der Waals surface area (Å²) in [6.07, 6.45) is 8.40. The lowest BCUT2D eigenvalue weighted by atomic mass is 9.78. The minimum atomic E-state index is -2.34. The van der Waals surface area contributed by atoms with Crippen molar-refractivity contribution in [1.82, 2.24) is 30.3 Å². The molecule has 3 aromatic rings. The van der Waals surface area contributed by atoms with Crippen molar-refractivity contribution in [2.75, 3.05) is 18.0 Å². The molecule has 0 amide bonds. The maximum Gasteiger partial charge on any atom is 0.245 e. The predicted octanol–water partition coefficient (Wildman–Crippen LogP) is 2.61. The quantitative estimate of drug-likeness (QED) is 0.685. The largest absolute Gasteiger partial charge is 0.507 e. The number of hydrogen-bond donors (Lipinski definition) is 2. The van der Waals surface area contributed by atoms with E-state index in [-0.39, 0.29) is 5.75 Å². The van der Waals surface area contributed by atoms with Crippen molar-refractivity contribution in [2.45, 2.75) is 38.3 Å². The first kappa shape index (κ1) is 15.8. The number of aromatic nitrogens is 5. The molecule has 0 unspecified atom stereocenters. The first-order chi connectivity index (χ1) is 15.8. The monoisotopic (exact) mass is 408 g/mol. The molecule has 30 heavy (non-hydrogen) atoms. The highest BCUT2D eigenvalue weighted by Gasteiger charge is 2.34. The molecule has 5 rings (SSSR count). The molecule has 2 N–H and O–H groups in total. The molecule has 0 bridgehead atoms. The highest BCUT2D eigenvalue weighted by atomic mass is 16.3. The molecular weight excluding hydrogens is 378 g/mol. The smallest absolute Gasteiger partial charge is 0.245 e. The average molecular weight is 409 g/mol. The Balaban J connectivity index is 1.33. The fraction of sp³-hybridized carbons (Fsp3) is 0.455. The van der Waals surface area contributed by atoms with Gasteiger partial charge in [-0.3, -0.25) is 4.68 Å². The van der Waals surface area contributed by atoms with Crippen LogP contribution in [0.25, 0.3) is 22.4 Å². The zero-order valence-electron chi connectivity index (χ0n) is 19.9. The van der Waals surface area contributed by atoms with Crippen molar-refractivity contribution in [2.24, 2.45) is 12.9 Å². The Morgan fingerprint density at radius 3 is 2.73 bits per heavy atom. The molecule has 1 saturated carbocycles. The number of rotatable bonds is 4. The maximum atomic E-state index is 10.6. The van der Waals surface area contributed by atoms with Crippen molar-refractivity contribution >= 4 is 5.95 Å². The number of phenols is 1. The first-order valence-electron chi connectivity index (χ1n) is 11.9. The third-order valence-electron chi connectivity index (χ3n) is 6.15. The van der Waals surface area contributed by atoms with Gasteiger partial charge in [0.25, 0.3) is 0 Å². The maximum absolute atomic E-state index is 10.6. The Kier molecular flexibility index (Phi) is 4.04. The van der Waals surface area contributed by atoms with E-state index in [1.807, 2.05) is 0 Å². The van der Waals surface area contributed by atoms with Crippen molar-refractivity contribution in [3.63, 3.8) is 0 Å². The van der Waals surface area contributed by atoms with Crippen LogP contribution in [0.3, 0.4) is 0 Å². The summed E-state index contributed by atoms with van der Waals surface area (Å²) in [6, 6.07) is 5.89. The van der Waals surface area contributed by atoms with Gasteiger partial charge in [0.2, 0.25) is 5.95 Å². The number of phenolic OH excluding ortho intramolecular Hbond substituents is 1. The Morgan fingerprint density at radius 1 is 1.17 bits per heavy atom. The van der Waals surface area contributed by atoms with Crippen LogP contribution in [0.5, 0.6) is 5.75 Å². The van der Waals surface area contributed by atoms with Crippen LogP contribution in [0.2, 0.25) is 0 Å². The average Bonchev–Trinajstić information content (AvgIpc) is 3.23. The van der Waals surface area contributed by atoms with E-state index in [1.54, 1.807) is 24.4 Å². The zero-order chi connectivity index (χ0) is 23.2. The second-order valence-electron chi connectivity index (χ2n) is 8.32. The molecule has 1 aromatic carbocycles. The van der Waals surface area contributed by atoms with E-state index in [0.29, 0.717) is 40.4 Å². The summed E-state index contributed by atoms with van der Waals surface area (Å²) in [7, 11) is 0. The number of aromatic hydroxyl groups is 1. The van der Waals surface area contributed by atoms with E-state index in [4.69, 9.17) is 4.11 Å². The highest BCUT2D eigenvalue weighted by Crippen LogP contribution is 2.33. The molecular formula is C22H27N7O. The minimum absolute atomic E-state index is 0.0128. The van der Waals surface area contributed by atoms with E-state index in [0.717, 1.165) is 23.7 Å². The summed E-state index contributed by atoms with van der Waals surface area (Å²) in [5.41, 5.74) is 2.23. The fourth-order valence-electron chi connectivity index (χ4n) is 4.34. The van der Waals surface area contributed by atoms with Gasteiger partial charge in [0.05, 0.1) is 12.4 Å². The molecule has 1 aliphatic heterocycles. The van der Waals surface area contributed by atoms with Gasteiger partial charge in [-0.05, 0) is 43.4 Å². The first-order valence-corrected chi connectivity index (χ1v) is 10.4. The number of piperazine rings is 1. The van der Waals surface area contributed by atoms with Crippen LogP contribution in [0.4, 0.5) is 5.95 Å². The Bertz CT molecular complexity index is 1130. The molecule has 8 heteroatoms. The van der Waals surface area contributed by atoms with Gasteiger partial charge >= 0.3 is 0 Å². The standard InChI is InChI=1S/C22H27N7O/c1-14-11-29(13-20(25-14)15-4-3-5-15)22-23-10-19(26-27-22)18-7-6-16(8-21(18)30)17-9-24-28(2)12-17/h6-10,12,14-15,20,25,30H,3-5,11,13H2,1-2H3/t14-,20-/m1/s1/i2D3. The number of anilines is 1. The molecule has 2 aliphatic rings. The summed E-state index contributed by atoms with van der Waals surface area (Å²) in [6.45, 7) is 1.54. The van der Waals surface area contributed by atoms with E-state index in [1.165, 1.54) is 31.7 Å². The van der Waals surface area contributed by atoms with Crippen molar-refractivity contribution < 1.29 is 9.22 Å². The minimum Gasteiger partial charge on any atom is -0.507 e. The lowest BCUT2D eigenvalue weighted by Crippen LogP contribution is -2.59. The van der Waals surface area contributed by atoms with Crippen LogP contribution in [0, 0.1) is 5.92 Å². The van der Waals surface area contributed by atoms with Gasteiger partial charge in [-0.15, -0.1) is 10.2 Å². The van der Waals surface area contributed by atoms with Gasteiger partial charge in [-0.2, -0.15) is 5.10 Å². The SMILES string of the molecule is [2H]C([2H])([2H])n1cc(-c2ccc(-c3cnc(N4C[C@@H](C)N[C@@H](C5CCC5)C4)nn3)c(O)c2)cn1. The fourth-order valence-corrected chi connectivity index (χ4v) is 4.34. The molecule has 0 spiro atoms. The van der Waals surface area contributed by atoms with Crippen LogP contribution in [-0.2, 0) is 6.98 Å².